The van der Waals surface area contributed by atoms with Gasteiger partial charge in [-0.1, -0.05) is 56.5 Å². The number of ether oxygens (including phenoxy) is 1. The van der Waals surface area contributed by atoms with Crippen molar-refractivity contribution in [3.8, 4) is 16.9 Å². The molecule has 0 bridgehead atoms. The molecule has 0 unspecified atom stereocenters. The van der Waals surface area contributed by atoms with Crippen LogP contribution in [-0.4, -0.2) is 17.2 Å². The van der Waals surface area contributed by atoms with Crippen LogP contribution in [0.2, 0.25) is 0 Å². The Morgan fingerprint density at radius 3 is 2.55 bits per heavy atom. The van der Waals surface area contributed by atoms with E-state index in [0.717, 1.165) is 54.2 Å². The summed E-state index contributed by atoms with van der Waals surface area (Å²) in [5.41, 5.74) is 2.58. The first-order valence-corrected chi connectivity index (χ1v) is 10.0. The number of unbranched alkanes of at least 4 members (excludes halogenated alkanes) is 3. The predicted octanol–water partition coefficient (Wildman–Crippen LogP) is 5.43. The minimum Gasteiger partial charge on any atom is -0.479 e. The molecule has 1 aromatic heterocycles. The van der Waals surface area contributed by atoms with Crippen molar-refractivity contribution >= 4 is 16.9 Å². The van der Waals surface area contributed by atoms with Crippen LogP contribution in [0.1, 0.15) is 45.1 Å². The molecule has 1 heterocycles. The molecule has 152 valence electrons. The molecule has 0 fully saturated rings. The van der Waals surface area contributed by atoms with Gasteiger partial charge in [0.2, 0.25) is 0 Å². The molecule has 5 heteroatoms. The van der Waals surface area contributed by atoms with Crippen LogP contribution in [0, 0.1) is 0 Å². The van der Waals surface area contributed by atoms with Crippen LogP contribution >= 0.6 is 0 Å². The molecule has 2 aromatic carbocycles. The zero-order chi connectivity index (χ0) is 20.8. The molecule has 0 saturated heterocycles. The minimum absolute atomic E-state index is 0.390. The average molecular weight is 394 g/mol. The van der Waals surface area contributed by atoms with Gasteiger partial charge in [-0.05, 0) is 42.5 Å². The smallest absolute Gasteiger partial charge is 0.344 e. The highest BCUT2D eigenvalue weighted by molar-refractivity contribution is 5.94. The molecule has 0 aliphatic heterocycles. The van der Waals surface area contributed by atoms with E-state index < -0.39 is 17.7 Å². The lowest BCUT2D eigenvalue weighted by molar-refractivity contribution is -0.144. The summed E-state index contributed by atoms with van der Waals surface area (Å²) in [4.78, 5) is 23.4. The maximum atomic E-state index is 12.1. The Bertz CT molecular complexity index is 1040. The number of benzene rings is 2. The molecule has 1 atom stereocenters. The average Bonchev–Trinajstić information content (AvgIpc) is 2.71. The second-order valence-corrected chi connectivity index (χ2v) is 7.21. The number of hydrogen-bond acceptors (Lipinski definition) is 4. The van der Waals surface area contributed by atoms with E-state index in [1.54, 1.807) is 6.07 Å². The van der Waals surface area contributed by atoms with Gasteiger partial charge in [-0.15, -0.1) is 0 Å². The van der Waals surface area contributed by atoms with Gasteiger partial charge in [-0.3, -0.25) is 0 Å². The number of aliphatic carboxylic acids is 1. The number of hydrogen-bond donors (Lipinski definition) is 1. The Hall–Kier alpha value is -3.08. The minimum atomic E-state index is -1.04. The third kappa shape index (κ3) is 5.05. The normalized spacial score (nSPS) is 12.1. The maximum Gasteiger partial charge on any atom is 0.344 e. The van der Waals surface area contributed by atoms with Gasteiger partial charge in [0.05, 0.1) is 0 Å². The summed E-state index contributed by atoms with van der Waals surface area (Å²) in [5.74, 6) is -0.584. The third-order valence-electron chi connectivity index (χ3n) is 4.96. The van der Waals surface area contributed by atoms with Crippen LogP contribution in [0.15, 0.2) is 57.7 Å². The molecule has 5 nitrogen and oxygen atoms in total. The number of carboxylic acid groups (broad SMARTS) is 1. The summed E-state index contributed by atoms with van der Waals surface area (Å²) in [5, 5.41) is 10.0. The molecule has 0 aliphatic rings. The zero-order valence-corrected chi connectivity index (χ0v) is 16.8. The van der Waals surface area contributed by atoms with E-state index in [1.807, 2.05) is 36.4 Å². The van der Waals surface area contributed by atoms with Gasteiger partial charge >= 0.3 is 11.6 Å². The summed E-state index contributed by atoms with van der Waals surface area (Å²) < 4.78 is 11.1. The topological polar surface area (TPSA) is 76.7 Å². The second kappa shape index (κ2) is 9.41. The molecule has 0 spiro atoms. The molecule has 0 radical (unpaired) electrons. The van der Waals surface area contributed by atoms with Gasteiger partial charge in [0, 0.05) is 17.5 Å². The van der Waals surface area contributed by atoms with Crippen molar-refractivity contribution in [2.45, 2.75) is 52.1 Å². The standard InChI is InChI=1S/C24H26O5/c1-3-4-5-7-12-18-13-20-19(17-10-8-6-9-11-17)14-23(25)29-22(20)15-21(18)28-16(2)24(26)27/h6,8-11,13-16H,3-5,7,12H2,1-2H3,(H,26,27)/t16-/m0/s1. The highest BCUT2D eigenvalue weighted by Gasteiger charge is 2.18. The molecular formula is C24H26O5. The fourth-order valence-electron chi connectivity index (χ4n) is 3.38. The molecule has 0 saturated carbocycles. The molecule has 29 heavy (non-hydrogen) atoms. The lowest BCUT2D eigenvalue weighted by atomic mass is 9.98. The first-order chi connectivity index (χ1) is 14.0. The van der Waals surface area contributed by atoms with E-state index in [0.29, 0.717) is 11.3 Å². The highest BCUT2D eigenvalue weighted by atomic mass is 16.5. The van der Waals surface area contributed by atoms with Crippen molar-refractivity contribution < 1.29 is 19.1 Å². The first-order valence-electron chi connectivity index (χ1n) is 10.0. The number of aryl methyl sites for hydroxylation is 1. The molecular weight excluding hydrogens is 368 g/mol. The van der Waals surface area contributed by atoms with Crippen molar-refractivity contribution in [3.63, 3.8) is 0 Å². The van der Waals surface area contributed by atoms with Gasteiger partial charge in [-0.2, -0.15) is 0 Å². The first kappa shape index (κ1) is 20.6. The number of carbonyl (C=O) groups is 1. The van der Waals surface area contributed by atoms with E-state index in [1.165, 1.54) is 13.0 Å². The van der Waals surface area contributed by atoms with E-state index >= 15 is 0 Å². The Kier molecular flexibility index (Phi) is 6.70. The number of rotatable bonds is 9. The number of carboxylic acids is 1. The predicted molar refractivity (Wildman–Crippen MR) is 113 cm³/mol. The van der Waals surface area contributed by atoms with Crippen LogP contribution < -0.4 is 10.4 Å². The van der Waals surface area contributed by atoms with Gasteiger partial charge in [0.15, 0.2) is 6.10 Å². The van der Waals surface area contributed by atoms with Crippen molar-refractivity contribution in [1.82, 2.24) is 0 Å². The lowest BCUT2D eigenvalue weighted by Gasteiger charge is -2.16. The van der Waals surface area contributed by atoms with Crippen LogP contribution in [0.25, 0.3) is 22.1 Å². The molecule has 3 rings (SSSR count). The summed E-state index contributed by atoms with van der Waals surface area (Å²) in [6.07, 6.45) is 4.14. The van der Waals surface area contributed by atoms with Crippen molar-refractivity contribution in [2.75, 3.05) is 0 Å². The van der Waals surface area contributed by atoms with Crippen LogP contribution in [-0.2, 0) is 11.2 Å². The Balaban J connectivity index is 2.11. The van der Waals surface area contributed by atoms with Gasteiger partial charge in [0.1, 0.15) is 11.3 Å². The summed E-state index contributed by atoms with van der Waals surface area (Å²) in [7, 11) is 0. The number of fused-ring (bicyclic) bond motifs is 1. The quantitative estimate of drug-likeness (QED) is 0.386. The summed E-state index contributed by atoms with van der Waals surface area (Å²) in [6.45, 7) is 3.65. The fourth-order valence-corrected chi connectivity index (χ4v) is 3.38. The van der Waals surface area contributed by atoms with Gasteiger partial charge < -0.3 is 14.3 Å². The SMILES string of the molecule is CCCCCCc1cc2c(-c3ccccc3)cc(=O)oc2cc1O[C@@H](C)C(=O)O. The summed E-state index contributed by atoms with van der Waals surface area (Å²) >= 11 is 0. The Morgan fingerprint density at radius 2 is 1.86 bits per heavy atom. The lowest BCUT2D eigenvalue weighted by Crippen LogP contribution is -2.23. The molecule has 3 aromatic rings. The summed E-state index contributed by atoms with van der Waals surface area (Å²) in [6, 6.07) is 14.8. The van der Waals surface area contributed by atoms with Gasteiger partial charge in [0.25, 0.3) is 0 Å². The third-order valence-corrected chi connectivity index (χ3v) is 4.96. The fraction of sp³-hybridized carbons (Fsp3) is 0.333. The zero-order valence-electron chi connectivity index (χ0n) is 16.8. The van der Waals surface area contributed by atoms with E-state index in [4.69, 9.17) is 9.15 Å². The second-order valence-electron chi connectivity index (χ2n) is 7.21. The monoisotopic (exact) mass is 394 g/mol. The van der Waals surface area contributed by atoms with E-state index in [2.05, 4.69) is 6.92 Å². The Labute approximate surface area is 169 Å². The van der Waals surface area contributed by atoms with E-state index in [9.17, 15) is 14.7 Å². The van der Waals surface area contributed by atoms with E-state index in [-0.39, 0.29) is 0 Å². The van der Waals surface area contributed by atoms with Crippen molar-refractivity contribution in [1.29, 1.82) is 0 Å². The maximum absolute atomic E-state index is 12.1. The Morgan fingerprint density at radius 1 is 1.10 bits per heavy atom. The molecule has 0 aliphatic carbocycles. The van der Waals surface area contributed by atoms with Crippen LogP contribution in [0.4, 0.5) is 0 Å². The van der Waals surface area contributed by atoms with Crippen LogP contribution in [0.3, 0.4) is 0 Å². The highest BCUT2D eigenvalue weighted by Crippen LogP contribution is 2.33. The van der Waals surface area contributed by atoms with Gasteiger partial charge in [-0.25, -0.2) is 9.59 Å². The molecule has 0 amide bonds. The molecule has 1 N–H and O–H groups in total. The van der Waals surface area contributed by atoms with Crippen molar-refractivity contribution in [3.05, 3.63) is 64.5 Å². The van der Waals surface area contributed by atoms with Crippen molar-refractivity contribution in [2.24, 2.45) is 0 Å². The largest absolute Gasteiger partial charge is 0.479 e. The van der Waals surface area contributed by atoms with Crippen LogP contribution in [0.5, 0.6) is 5.75 Å².